The lowest BCUT2D eigenvalue weighted by molar-refractivity contribution is 0.400. The van der Waals surface area contributed by atoms with Crippen molar-refractivity contribution < 1.29 is 12.9 Å². The van der Waals surface area contributed by atoms with Crippen LogP contribution in [0.3, 0.4) is 0 Å². The van der Waals surface area contributed by atoms with Gasteiger partial charge in [0.05, 0.1) is 11.3 Å². The molecule has 1 aromatic heterocycles. The molecule has 110 valence electrons. The molecule has 0 radical (unpaired) electrons. The molecule has 2 aromatic carbocycles. The maximum Gasteiger partial charge on any atom is 0.316 e. The molecule has 3 aromatic rings. The number of hydrogen-bond acceptors (Lipinski definition) is 5. The van der Waals surface area contributed by atoms with E-state index in [4.69, 9.17) is 4.52 Å². The van der Waals surface area contributed by atoms with Gasteiger partial charge in [-0.25, -0.2) is 0 Å². The maximum atomic E-state index is 10.6. The first-order chi connectivity index (χ1) is 10.6. The highest BCUT2D eigenvalue weighted by atomic mass is 32.2. The van der Waals surface area contributed by atoms with E-state index in [2.05, 4.69) is 9.52 Å². The van der Waals surface area contributed by atoms with Crippen molar-refractivity contribution in [3.05, 3.63) is 60.4 Å². The van der Waals surface area contributed by atoms with Gasteiger partial charge in [-0.2, -0.15) is 8.42 Å². The molecular weight excluding hydrogens is 300 g/mol. The van der Waals surface area contributed by atoms with Gasteiger partial charge in [-0.15, -0.1) is 4.36 Å². The maximum absolute atomic E-state index is 10.6. The van der Waals surface area contributed by atoms with Gasteiger partial charge < -0.3 is 4.52 Å². The van der Waals surface area contributed by atoms with E-state index in [1.165, 1.54) is 0 Å². The second kappa shape index (κ2) is 5.95. The molecule has 0 atom stereocenters. The second-order valence-electron chi connectivity index (χ2n) is 4.68. The fourth-order valence-electron chi connectivity index (χ4n) is 2.28. The third kappa shape index (κ3) is 2.82. The van der Waals surface area contributed by atoms with E-state index in [0.29, 0.717) is 11.4 Å². The molecule has 0 aliphatic carbocycles. The second-order valence-corrected chi connectivity index (χ2v) is 5.30. The minimum absolute atomic E-state index is 0.382. The van der Waals surface area contributed by atoms with Crippen molar-refractivity contribution in [3.63, 3.8) is 0 Å². The van der Waals surface area contributed by atoms with Crippen LogP contribution in [0.15, 0.2) is 63.5 Å². The number of rotatable bonds is 3. The highest BCUT2D eigenvalue weighted by molar-refractivity contribution is 7.61. The summed E-state index contributed by atoms with van der Waals surface area (Å²) in [5.41, 5.74) is 3.89. The van der Waals surface area contributed by atoms with E-state index in [9.17, 15) is 8.42 Å². The van der Waals surface area contributed by atoms with Gasteiger partial charge in [0.2, 0.25) is 0 Å². The first-order valence-electron chi connectivity index (χ1n) is 6.58. The van der Waals surface area contributed by atoms with Gasteiger partial charge >= 0.3 is 10.5 Å². The van der Waals surface area contributed by atoms with Crippen LogP contribution in [0.2, 0.25) is 0 Å². The largest absolute Gasteiger partial charge is 0.360 e. The Balaban J connectivity index is 2.09. The summed E-state index contributed by atoms with van der Waals surface area (Å²) in [5, 5.41) is 4.14. The number of aryl methyl sites for hydroxylation is 1. The zero-order chi connectivity index (χ0) is 15.5. The van der Waals surface area contributed by atoms with Gasteiger partial charge in [-0.3, -0.25) is 0 Å². The molecule has 0 saturated carbocycles. The Kier molecular flexibility index (Phi) is 3.84. The van der Waals surface area contributed by atoms with Crippen molar-refractivity contribution >= 4 is 16.2 Å². The van der Waals surface area contributed by atoms with E-state index in [1.807, 2.05) is 37.3 Å². The molecule has 0 unspecified atom stereocenters. The summed E-state index contributed by atoms with van der Waals surface area (Å²) in [6.45, 7) is 1.85. The topological polar surface area (TPSA) is 72.5 Å². The predicted octanol–water partition coefficient (Wildman–Crippen LogP) is 4.01. The van der Waals surface area contributed by atoms with Gasteiger partial charge in [0.25, 0.3) is 0 Å². The smallest absolute Gasteiger partial charge is 0.316 e. The highest BCUT2D eigenvalue weighted by Crippen LogP contribution is 2.34. The van der Waals surface area contributed by atoms with Crippen LogP contribution >= 0.6 is 0 Å². The van der Waals surface area contributed by atoms with Gasteiger partial charge in [-0.1, -0.05) is 47.6 Å². The quantitative estimate of drug-likeness (QED) is 0.732. The molecule has 6 heteroatoms. The lowest BCUT2D eigenvalue weighted by Crippen LogP contribution is -1.83. The van der Waals surface area contributed by atoms with E-state index in [-0.39, 0.29) is 0 Å². The Bertz CT molecular complexity index is 919. The van der Waals surface area contributed by atoms with E-state index >= 15 is 0 Å². The summed E-state index contributed by atoms with van der Waals surface area (Å²) in [6, 6.07) is 16.6. The van der Waals surface area contributed by atoms with Crippen LogP contribution < -0.4 is 0 Å². The monoisotopic (exact) mass is 312 g/mol. The van der Waals surface area contributed by atoms with Gasteiger partial charge in [0.15, 0.2) is 0 Å². The SMILES string of the molecule is Cc1onc(-c2ccccc2)c1-c1ccc(N=S(=O)=O)cc1. The molecule has 0 fully saturated rings. The van der Waals surface area contributed by atoms with Crippen molar-refractivity contribution in [3.8, 4) is 22.4 Å². The van der Waals surface area contributed by atoms with E-state index < -0.39 is 10.5 Å². The minimum Gasteiger partial charge on any atom is -0.360 e. The summed E-state index contributed by atoms with van der Waals surface area (Å²) in [7, 11) is -2.45. The lowest BCUT2D eigenvalue weighted by Gasteiger charge is -2.03. The molecule has 1 heterocycles. The standard InChI is InChI=1S/C16H12N2O3S/c1-11-15(12-7-9-14(10-8-12)18-22(19)20)16(17-21-11)13-5-3-2-4-6-13/h2-10H,1H3. The number of hydrogen-bond donors (Lipinski definition) is 0. The van der Waals surface area contributed by atoms with Crippen LogP contribution in [-0.4, -0.2) is 13.6 Å². The lowest BCUT2D eigenvalue weighted by atomic mass is 9.99. The number of nitrogens with zero attached hydrogens (tertiary/aromatic N) is 2. The van der Waals surface area contributed by atoms with Gasteiger partial charge in [0, 0.05) is 5.56 Å². The van der Waals surface area contributed by atoms with Crippen molar-refractivity contribution in [1.82, 2.24) is 5.16 Å². The Morgan fingerprint density at radius 1 is 0.955 bits per heavy atom. The Morgan fingerprint density at radius 3 is 2.27 bits per heavy atom. The zero-order valence-electron chi connectivity index (χ0n) is 11.7. The average Bonchev–Trinajstić information content (AvgIpc) is 2.90. The van der Waals surface area contributed by atoms with Crippen molar-refractivity contribution in [1.29, 1.82) is 0 Å². The molecule has 5 nitrogen and oxygen atoms in total. The van der Waals surface area contributed by atoms with Crippen LogP contribution in [-0.2, 0) is 10.5 Å². The van der Waals surface area contributed by atoms with E-state index in [1.54, 1.807) is 24.3 Å². The average molecular weight is 312 g/mol. The molecule has 0 aliphatic heterocycles. The summed E-state index contributed by atoms with van der Waals surface area (Å²) in [6.07, 6.45) is 0. The summed E-state index contributed by atoms with van der Waals surface area (Å²) in [4.78, 5) is 0. The predicted molar refractivity (Wildman–Crippen MR) is 83.1 cm³/mol. The van der Waals surface area contributed by atoms with Crippen LogP contribution in [0.5, 0.6) is 0 Å². The third-order valence-corrected chi connectivity index (χ3v) is 3.61. The van der Waals surface area contributed by atoms with Crippen LogP contribution in [0.1, 0.15) is 5.76 Å². The summed E-state index contributed by atoms with van der Waals surface area (Å²) in [5.74, 6) is 0.705. The van der Waals surface area contributed by atoms with Crippen LogP contribution in [0.25, 0.3) is 22.4 Å². The van der Waals surface area contributed by atoms with Crippen molar-refractivity contribution in [2.75, 3.05) is 0 Å². The summed E-state index contributed by atoms with van der Waals surface area (Å²) >= 11 is 0. The van der Waals surface area contributed by atoms with Gasteiger partial charge in [-0.05, 0) is 24.6 Å². The van der Waals surface area contributed by atoms with Crippen LogP contribution in [0, 0.1) is 6.92 Å². The van der Waals surface area contributed by atoms with Crippen LogP contribution in [0.4, 0.5) is 5.69 Å². The van der Waals surface area contributed by atoms with E-state index in [0.717, 1.165) is 22.4 Å². The Labute approximate surface area is 128 Å². The minimum atomic E-state index is -2.45. The first kappa shape index (κ1) is 14.2. The number of aromatic nitrogens is 1. The fourth-order valence-corrected chi connectivity index (χ4v) is 2.57. The molecule has 0 spiro atoms. The Morgan fingerprint density at radius 2 is 1.64 bits per heavy atom. The molecular formula is C16H12N2O3S. The molecule has 0 bridgehead atoms. The molecule has 0 saturated heterocycles. The third-order valence-electron chi connectivity index (χ3n) is 3.25. The zero-order valence-corrected chi connectivity index (χ0v) is 12.5. The normalized spacial score (nSPS) is 10.4. The van der Waals surface area contributed by atoms with Gasteiger partial charge in [0.1, 0.15) is 11.5 Å². The molecule has 3 rings (SSSR count). The highest BCUT2D eigenvalue weighted by Gasteiger charge is 2.16. The molecule has 0 N–H and O–H groups in total. The fraction of sp³-hybridized carbons (Fsp3) is 0.0625. The molecule has 0 amide bonds. The summed E-state index contributed by atoms with van der Waals surface area (Å²) < 4.78 is 30.0. The first-order valence-corrected chi connectivity index (χ1v) is 7.61. The molecule has 22 heavy (non-hydrogen) atoms. The van der Waals surface area contributed by atoms with Crippen molar-refractivity contribution in [2.24, 2.45) is 4.36 Å². The molecule has 0 aliphatic rings. The Hall–Kier alpha value is -2.73. The number of benzene rings is 2. The van der Waals surface area contributed by atoms with Crippen molar-refractivity contribution in [2.45, 2.75) is 6.92 Å².